The van der Waals surface area contributed by atoms with Crippen LogP contribution >= 0.6 is 0 Å². The number of benzene rings is 2. The number of amides is 1. The molecule has 0 aromatic heterocycles. The molecule has 1 aliphatic heterocycles. The highest BCUT2D eigenvalue weighted by molar-refractivity contribution is 5.79. The summed E-state index contributed by atoms with van der Waals surface area (Å²) >= 11 is 0. The molecule has 1 atom stereocenters. The molecule has 0 radical (unpaired) electrons. The molecule has 0 bridgehead atoms. The molecular weight excluding hydrogens is 328 g/mol. The number of nitrogens with zero attached hydrogens (tertiary/aromatic N) is 1. The van der Waals surface area contributed by atoms with Crippen LogP contribution in [0.15, 0.2) is 42.5 Å². The molecule has 0 aliphatic carbocycles. The van der Waals surface area contributed by atoms with Crippen molar-refractivity contribution >= 4 is 5.91 Å². The fourth-order valence-corrected chi connectivity index (χ4v) is 2.82. The van der Waals surface area contributed by atoms with Crippen LogP contribution in [-0.2, 0) is 16.0 Å². The van der Waals surface area contributed by atoms with Crippen LogP contribution in [0.5, 0.6) is 5.75 Å². The summed E-state index contributed by atoms with van der Waals surface area (Å²) < 4.78 is 37.2. The van der Waals surface area contributed by atoms with E-state index < -0.39 is 17.7 Å². The van der Waals surface area contributed by atoms with Gasteiger partial charge in [0.25, 0.3) is 0 Å². The molecular formula is C19H19F2NO3. The normalized spacial score (nSPS) is 17.4. The number of methoxy groups -OCH3 is 1. The van der Waals surface area contributed by atoms with Crippen LogP contribution in [0.25, 0.3) is 0 Å². The van der Waals surface area contributed by atoms with Crippen molar-refractivity contribution < 1.29 is 23.0 Å². The summed E-state index contributed by atoms with van der Waals surface area (Å²) in [6.45, 7) is 1.16. The molecule has 25 heavy (non-hydrogen) atoms. The summed E-state index contributed by atoms with van der Waals surface area (Å²) in [5, 5.41) is 0. The molecule has 6 heteroatoms. The Kier molecular flexibility index (Phi) is 5.28. The van der Waals surface area contributed by atoms with E-state index in [1.807, 2.05) is 24.3 Å². The molecule has 0 N–H and O–H groups in total. The van der Waals surface area contributed by atoms with Crippen molar-refractivity contribution in [1.29, 1.82) is 0 Å². The summed E-state index contributed by atoms with van der Waals surface area (Å²) in [4.78, 5) is 14.2. The van der Waals surface area contributed by atoms with Gasteiger partial charge in [0.1, 0.15) is 11.9 Å². The molecule has 1 amide bonds. The van der Waals surface area contributed by atoms with Crippen LogP contribution in [0.2, 0.25) is 0 Å². The summed E-state index contributed by atoms with van der Waals surface area (Å²) in [6, 6.07) is 11.0. The smallest absolute Gasteiger partial charge is 0.227 e. The zero-order valence-electron chi connectivity index (χ0n) is 13.9. The fourth-order valence-electron chi connectivity index (χ4n) is 2.82. The van der Waals surface area contributed by atoms with Gasteiger partial charge < -0.3 is 14.4 Å². The lowest BCUT2D eigenvalue weighted by Gasteiger charge is -2.33. The van der Waals surface area contributed by atoms with E-state index >= 15 is 0 Å². The number of rotatable bonds is 4. The second kappa shape index (κ2) is 7.61. The van der Waals surface area contributed by atoms with Crippen LogP contribution in [0.3, 0.4) is 0 Å². The van der Waals surface area contributed by atoms with Crippen LogP contribution in [-0.4, -0.2) is 37.6 Å². The zero-order valence-corrected chi connectivity index (χ0v) is 13.9. The van der Waals surface area contributed by atoms with E-state index in [0.29, 0.717) is 25.3 Å². The van der Waals surface area contributed by atoms with E-state index in [1.54, 1.807) is 12.0 Å². The minimum Gasteiger partial charge on any atom is -0.497 e. The lowest BCUT2D eigenvalue weighted by atomic mass is 10.1. The standard InChI is InChI=1S/C19H19F2NO3/c1-24-15-5-2-13(3-6-15)10-19(23)22-8-9-25-18(12-22)14-4-7-16(20)17(21)11-14/h2-7,11,18H,8-10,12H2,1H3/t18-/m1/s1. The number of hydrogen-bond donors (Lipinski definition) is 0. The molecule has 0 spiro atoms. The molecule has 4 nitrogen and oxygen atoms in total. The first-order valence-electron chi connectivity index (χ1n) is 8.04. The van der Waals surface area contributed by atoms with E-state index in [9.17, 15) is 13.6 Å². The van der Waals surface area contributed by atoms with Gasteiger partial charge >= 0.3 is 0 Å². The molecule has 1 heterocycles. The van der Waals surface area contributed by atoms with E-state index in [-0.39, 0.29) is 12.3 Å². The monoisotopic (exact) mass is 347 g/mol. The van der Waals surface area contributed by atoms with Crippen LogP contribution in [0.4, 0.5) is 8.78 Å². The number of hydrogen-bond acceptors (Lipinski definition) is 3. The Morgan fingerprint density at radius 1 is 1.20 bits per heavy atom. The van der Waals surface area contributed by atoms with Gasteiger partial charge in [-0.3, -0.25) is 4.79 Å². The topological polar surface area (TPSA) is 38.8 Å². The van der Waals surface area contributed by atoms with Gasteiger partial charge in [-0.15, -0.1) is 0 Å². The number of halogens is 2. The molecule has 3 rings (SSSR count). The van der Waals surface area contributed by atoms with Crippen LogP contribution < -0.4 is 4.74 Å². The maximum Gasteiger partial charge on any atom is 0.227 e. The fraction of sp³-hybridized carbons (Fsp3) is 0.316. The molecule has 1 fully saturated rings. The minimum absolute atomic E-state index is 0.0268. The highest BCUT2D eigenvalue weighted by atomic mass is 19.2. The summed E-state index contributed by atoms with van der Waals surface area (Å²) in [5.74, 6) is -1.10. The first-order valence-corrected chi connectivity index (χ1v) is 8.04. The largest absolute Gasteiger partial charge is 0.497 e. The number of carbonyl (C=O) groups excluding carboxylic acids is 1. The Bertz CT molecular complexity index is 749. The molecule has 2 aromatic carbocycles. The SMILES string of the molecule is COc1ccc(CC(=O)N2CCO[C@@H](c3ccc(F)c(F)c3)C2)cc1. The highest BCUT2D eigenvalue weighted by Gasteiger charge is 2.26. The molecule has 1 aliphatic rings. The Morgan fingerprint density at radius 2 is 1.96 bits per heavy atom. The van der Waals surface area contributed by atoms with Gasteiger partial charge in [-0.05, 0) is 35.4 Å². The van der Waals surface area contributed by atoms with Crippen molar-refractivity contribution in [2.24, 2.45) is 0 Å². The lowest BCUT2D eigenvalue weighted by Crippen LogP contribution is -2.43. The first kappa shape index (κ1) is 17.4. The third kappa shape index (κ3) is 4.14. The van der Waals surface area contributed by atoms with Gasteiger partial charge in [-0.1, -0.05) is 18.2 Å². The van der Waals surface area contributed by atoms with E-state index in [0.717, 1.165) is 23.4 Å². The van der Waals surface area contributed by atoms with Gasteiger partial charge in [0, 0.05) is 6.54 Å². The van der Waals surface area contributed by atoms with Gasteiger partial charge in [0.2, 0.25) is 5.91 Å². The average Bonchev–Trinajstić information content (AvgIpc) is 2.64. The lowest BCUT2D eigenvalue weighted by molar-refractivity contribution is -0.138. The Morgan fingerprint density at radius 3 is 2.64 bits per heavy atom. The number of morpholine rings is 1. The molecule has 1 saturated heterocycles. The van der Waals surface area contributed by atoms with Crippen molar-refractivity contribution in [1.82, 2.24) is 4.90 Å². The van der Waals surface area contributed by atoms with Gasteiger partial charge in [0.15, 0.2) is 11.6 Å². The predicted octanol–water partition coefficient (Wildman–Crippen LogP) is 3.12. The van der Waals surface area contributed by atoms with Crippen molar-refractivity contribution in [2.45, 2.75) is 12.5 Å². The quantitative estimate of drug-likeness (QED) is 0.853. The van der Waals surface area contributed by atoms with Gasteiger partial charge in [-0.25, -0.2) is 8.78 Å². The predicted molar refractivity (Wildman–Crippen MR) is 88.3 cm³/mol. The third-order valence-corrected chi connectivity index (χ3v) is 4.25. The Labute approximate surface area is 145 Å². The van der Waals surface area contributed by atoms with Crippen molar-refractivity contribution in [3.8, 4) is 5.75 Å². The van der Waals surface area contributed by atoms with Crippen molar-refractivity contribution in [3.05, 3.63) is 65.2 Å². The molecule has 132 valence electrons. The van der Waals surface area contributed by atoms with Crippen LogP contribution in [0, 0.1) is 11.6 Å². The van der Waals surface area contributed by atoms with Crippen molar-refractivity contribution in [3.63, 3.8) is 0 Å². The number of ether oxygens (including phenoxy) is 2. The van der Waals surface area contributed by atoms with Gasteiger partial charge in [0.05, 0.1) is 26.7 Å². The Balaban J connectivity index is 1.65. The highest BCUT2D eigenvalue weighted by Crippen LogP contribution is 2.24. The summed E-state index contributed by atoms with van der Waals surface area (Å²) in [6.07, 6.45) is -0.183. The maximum absolute atomic E-state index is 13.4. The average molecular weight is 347 g/mol. The van der Waals surface area contributed by atoms with E-state index in [4.69, 9.17) is 9.47 Å². The van der Waals surface area contributed by atoms with Crippen molar-refractivity contribution in [2.75, 3.05) is 26.8 Å². The molecule has 0 unspecified atom stereocenters. The first-order chi connectivity index (χ1) is 12.1. The third-order valence-electron chi connectivity index (χ3n) is 4.25. The van der Waals surface area contributed by atoms with E-state index in [2.05, 4.69) is 0 Å². The zero-order chi connectivity index (χ0) is 17.8. The number of carbonyl (C=O) groups is 1. The maximum atomic E-state index is 13.4. The molecule has 2 aromatic rings. The van der Waals surface area contributed by atoms with Crippen LogP contribution in [0.1, 0.15) is 17.2 Å². The van der Waals surface area contributed by atoms with E-state index in [1.165, 1.54) is 6.07 Å². The van der Waals surface area contributed by atoms with Gasteiger partial charge in [-0.2, -0.15) is 0 Å². The summed E-state index contributed by atoms with van der Waals surface area (Å²) in [7, 11) is 1.59. The molecule has 0 saturated carbocycles. The Hall–Kier alpha value is -2.47. The summed E-state index contributed by atoms with van der Waals surface area (Å²) in [5.41, 5.74) is 1.42. The second-order valence-electron chi connectivity index (χ2n) is 5.90. The minimum atomic E-state index is -0.914. The second-order valence-corrected chi connectivity index (χ2v) is 5.90.